The van der Waals surface area contributed by atoms with Gasteiger partial charge in [0.05, 0.1) is 0 Å². The van der Waals surface area contributed by atoms with Crippen LogP contribution in [0.25, 0.3) is 54.6 Å². The number of furan rings is 2. The minimum atomic E-state index is 0.888. The van der Waals surface area contributed by atoms with E-state index in [0.717, 1.165) is 60.9 Å². The maximum atomic E-state index is 6.27. The van der Waals surface area contributed by atoms with Gasteiger partial charge in [0.2, 0.25) is 0 Å². The number of hydrogen-bond donors (Lipinski definition) is 0. The molecule has 2 heterocycles. The van der Waals surface area contributed by atoms with Crippen molar-refractivity contribution in [2.24, 2.45) is 0 Å². The van der Waals surface area contributed by atoms with E-state index in [1.54, 1.807) is 0 Å². The highest BCUT2D eigenvalue weighted by atomic mass is 16.3. The highest BCUT2D eigenvalue weighted by Gasteiger charge is 2.18. The van der Waals surface area contributed by atoms with Gasteiger partial charge in [-0.2, -0.15) is 0 Å². The molecule has 0 fully saturated rings. The first-order valence-corrected chi connectivity index (χ1v) is 12.4. The van der Waals surface area contributed by atoms with Crippen LogP contribution >= 0.6 is 0 Å². The fourth-order valence-electron chi connectivity index (χ4n) is 5.55. The third-order valence-electron chi connectivity index (χ3n) is 7.23. The summed E-state index contributed by atoms with van der Waals surface area (Å²) in [6.45, 7) is 0. The van der Waals surface area contributed by atoms with E-state index in [2.05, 4.69) is 114 Å². The standard InChI is InChI=1S/C34H21NO2/c1-2-9-23(10-3-1)35(24-15-18-31-28(20-24)27-12-6-7-13-30(27)36-31)25-16-19-32-29(21-25)34-26-11-5-4-8-22(26)14-17-33(34)37-32/h1-21H. The molecule has 0 bridgehead atoms. The highest BCUT2D eigenvalue weighted by molar-refractivity contribution is 6.19. The summed E-state index contributed by atoms with van der Waals surface area (Å²) in [5.41, 5.74) is 6.82. The number of fused-ring (bicyclic) bond motifs is 8. The van der Waals surface area contributed by atoms with Crippen LogP contribution < -0.4 is 4.90 Å². The first-order valence-electron chi connectivity index (χ1n) is 12.4. The summed E-state index contributed by atoms with van der Waals surface area (Å²) in [6, 6.07) is 44.3. The molecule has 2 aromatic heterocycles. The van der Waals surface area contributed by atoms with Crippen molar-refractivity contribution in [3.63, 3.8) is 0 Å². The summed E-state index contributed by atoms with van der Waals surface area (Å²) >= 11 is 0. The van der Waals surface area contributed by atoms with Gasteiger partial charge in [-0.1, -0.05) is 66.7 Å². The van der Waals surface area contributed by atoms with E-state index in [1.807, 2.05) is 18.2 Å². The molecule has 0 saturated carbocycles. The van der Waals surface area contributed by atoms with Gasteiger partial charge in [-0.3, -0.25) is 0 Å². The van der Waals surface area contributed by atoms with Crippen LogP contribution in [0.2, 0.25) is 0 Å². The lowest BCUT2D eigenvalue weighted by Gasteiger charge is -2.25. The smallest absolute Gasteiger partial charge is 0.136 e. The highest BCUT2D eigenvalue weighted by Crippen LogP contribution is 2.42. The first kappa shape index (κ1) is 20.2. The van der Waals surface area contributed by atoms with E-state index in [-0.39, 0.29) is 0 Å². The molecule has 0 N–H and O–H groups in total. The topological polar surface area (TPSA) is 29.5 Å². The van der Waals surface area contributed by atoms with Gasteiger partial charge in [-0.15, -0.1) is 0 Å². The summed E-state index contributed by atoms with van der Waals surface area (Å²) in [6.07, 6.45) is 0. The SMILES string of the molecule is c1ccc(N(c2ccc3oc4ccccc4c3c2)c2ccc3oc4ccc5ccccc5c4c3c2)cc1. The lowest BCUT2D eigenvalue weighted by molar-refractivity contribution is 0.669. The second-order valence-corrected chi connectivity index (χ2v) is 9.39. The summed E-state index contributed by atoms with van der Waals surface area (Å²) < 4.78 is 12.4. The zero-order valence-electron chi connectivity index (χ0n) is 19.9. The maximum absolute atomic E-state index is 6.27. The minimum Gasteiger partial charge on any atom is -0.456 e. The van der Waals surface area contributed by atoms with Crippen molar-refractivity contribution in [3.05, 3.63) is 127 Å². The van der Waals surface area contributed by atoms with Crippen LogP contribution in [0.15, 0.2) is 136 Å². The zero-order chi connectivity index (χ0) is 24.3. The van der Waals surface area contributed by atoms with Crippen LogP contribution in [0.3, 0.4) is 0 Å². The molecule has 0 radical (unpaired) electrons. The van der Waals surface area contributed by atoms with Crippen molar-refractivity contribution < 1.29 is 8.83 Å². The second-order valence-electron chi connectivity index (χ2n) is 9.39. The number of nitrogens with zero attached hydrogens (tertiary/aromatic N) is 1. The predicted molar refractivity (Wildman–Crippen MR) is 153 cm³/mol. The Morgan fingerprint density at radius 1 is 0.378 bits per heavy atom. The average molecular weight is 476 g/mol. The Morgan fingerprint density at radius 2 is 0.973 bits per heavy atom. The van der Waals surface area contributed by atoms with Crippen LogP contribution in [0.5, 0.6) is 0 Å². The Labute approximate surface area is 212 Å². The maximum Gasteiger partial charge on any atom is 0.136 e. The van der Waals surface area contributed by atoms with Gasteiger partial charge in [0, 0.05) is 38.6 Å². The molecule has 3 heteroatoms. The molecule has 6 aromatic carbocycles. The van der Waals surface area contributed by atoms with E-state index in [4.69, 9.17) is 8.83 Å². The molecule has 8 aromatic rings. The first-order chi connectivity index (χ1) is 18.3. The third-order valence-corrected chi connectivity index (χ3v) is 7.23. The Morgan fingerprint density at radius 3 is 1.81 bits per heavy atom. The molecule has 0 amide bonds. The predicted octanol–water partition coefficient (Wildman–Crippen LogP) is 10.1. The van der Waals surface area contributed by atoms with Crippen molar-refractivity contribution in [2.75, 3.05) is 4.90 Å². The molecule has 0 atom stereocenters. The molecule has 0 spiro atoms. The molecular weight excluding hydrogens is 454 g/mol. The monoisotopic (exact) mass is 475 g/mol. The molecule has 0 saturated heterocycles. The van der Waals surface area contributed by atoms with Crippen LogP contribution in [0, 0.1) is 0 Å². The minimum absolute atomic E-state index is 0.888. The van der Waals surface area contributed by atoms with Gasteiger partial charge in [-0.05, 0) is 71.4 Å². The van der Waals surface area contributed by atoms with Crippen molar-refractivity contribution in [1.82, 2.24) is 0 Å². The van der Waals surface area contributed by atoms with Gasteiger partial charge in [0.25, 0.3) is 0 Å². The lowest BCUT2D eigenvalue weighted by atomic mass is 10.0. The summed E-state index contributed by atoms with van der Waals surface area (Å²) in [5, 5.41) is 6.90. The lowest BCUT2D eigenvalue weighted by Crippen LogP contribution is -2.09. The van der Waals surface area contributed by atoms with Crippen molar-refractivity contribution in [1.29, 1.82) is 0 Å². The molecule has 0 aliphatic carbocycles. The fourth-order valence-corrected chi connectivity index (χ4v) is 5.55. The van der Waals surface area contributed by atoms with Gasteiger partial charge in [0.1, 0.15) is 22.3 Å². The Hall–Kier alpha value is -5.02. The van der Waals surface area contributed by atoms with Gasteiger partial charge >= 0.3 is 0 Å². The van der Waals surface area contributed by atoms with Crippen molar-refractivity contribution >= 4 is 71.7 Å². The van der Waals surface area contributed by atoms with Crippen LogP contribution in [0.1, 0.15) is 0 Å². The molecule has 8 rings (SSSR count). The molecule has 3 nitrogen and oxygen atoms in total. The molecule has 174 valence electrons. The Balaban J connectivity index is 1.40. The van der Waals surface area contributed by atoms with Crippen LogP contribution in [-0.2, 0) is 0 Å². The van der Waals surface area contributed by atoms with Gasteiger partial charge < -0.3 is 13.7 Å². The van der Waals surface area contributed by atoms with Crippen LogP contribution in [-0.4, -0.2) is 0 Å². The molecule has 0 aliphatic heterocycles. The largest absolute Gasteiger partial charge is 0.456 e. The van der Waals surface area contributed by atoms with Gasteiger partial charge in [0.15, 0.2) is 0 Å². The summed E-state index contributed by atoms with van der Waals surface area (Å²) in [7, 11) is 0. The quantitative estimate of drug-likeness (QED) is 0.255. The Kier molecular flexibility index (Phi) is 4.23. The number of hydrogen-bond acceptors (Lipinski definition) is 3. The third kappa shape index (κ3) is 3.08. The van der Waals surface area contributed by atoms with Crippen molar-refractivity contribution in [3.8, 4) is 0 Å². The molecule has 37 heavy (non-hydrogen) atoms. The number of para-hydroxylation sites is 2. The number of benzene rings is 6. The summed E-state index contributed by atoms with van der Waals surface area (Å²) in [4.78, 5) is 2.30. The van der Waals surface area contributed by atoms with E-state index in [9.17, 15) is 0 Å². The van der Waals surface area contributed by atoms with Crippen molar-refractivity contribution in [2.45, 2.75) is 0 Å². The van der Waals surface area contributed by atoms with E-state index in [1.165, 1.54) is 10.8 Å². The number of rotatable bonds is 3. The molecule has 0 aliphatic rings. The summed E-state index contributed by atoms with van der Waals surface area (Å²) in [5.74, 6) is 0. The van der Waals surface area contributed by atoms with E-state index >= 15 is 0 Å². The van der Waals surface area contributed by atoms with Gasteiger partial charge in [-0.25, -0.2) is 0 Å². The molecular formula is C34H21NO2. The second kappa shape index (κ2) is 7.74. The zero-order valence-corrected chi connectivity index (χ0v) is 19.9. The van der Waals surface area contributed by atoms with E-state index in [0.29, 0.717) is 0 Å². The average Bonchev–Trinajstić information content (AvgIpc) is 3.52. The molecule has 0 unspecified atom stereocenters. The van der Waals surface area contributed by atoms with Crippen LogP contribution in [0.4, 0.5) is 17.1 Å². The normalized spacial score (nSPS) is 11.8. The van der Waals surface area contributed by atoms with E-state index < -0.39 is 0 Å². The number of anilines is 3. The fraction of sp³-hybridized carbons (Fsp3) is 0. The Bertz CT molecular complexity index is 2100.